The molecule has 2 aliphatic carbocycles. The summed E-state index contributed by atoms with van der Waals surface area (Å²) in [7, 11) is 0. The van der Waals surface area contributed by atoms with Gasteiger partial charge in [0.1, 0.15) is 5.82 Å². The highest BCUT2D eigenvalue weighted by molar-refractivity contribution is 5.18. The van der Waals surface area contributed by atoms with Crippen molar-refractivity contribution in [3.05, 3.63) is 23.8 Å². The lowest BCUT2D eigenvalue weighted by molar-refractivity contribution is 0.237. The summed E-state index contributed by atoms with van der Waals surface area (Å²) in [5.41, 5.74) is 7.19. The molecule has 2 N–H and O–H groups in total. The third-order valence-electron chi connectivity index (χ3n) is 3.36. The van der Waals surface area contributed by atoms with Crippen molar-refractivity contribution in [2.75, 3.05) is 0 Å². The molecule has 3 nitrogen and oxygen atoms in total. The van der Waals surface area contributed by atoms with Crippen molar-refractivity contribution in [2.45, 2.75) is 43.6 Å². The molecule has 1 aromatic rings. The quantitative estimate of drug-likeness (QED) is 0.770. The summed E-state index contributed by atoms with van der Waals surface area (Å²) in [6.45, 7) is 0. The van der Waals surface area contributed by atoms with Gasteiger partial charge >= 0.3 is 0 Å². The van der Waals surface area contributed by atoms with Crippen molar-refractivity contribution in [3.8, 4) is 0 Å². The minimum Gasteiger partial charge on any atom is -0.319 e. The molecule has 0 atom stereocenters. The maximum atomic E-state index is 6.19. The Morgan fingerprint density at radius 3 is 2.71 bits per heavy atom. The molecular weight excluding hydrogens is 174 g/mol. The van der Waals surface area contributed by atoms with E-state index >= 15 is 0 Å². The van der Waals surface area contributed by atoms with Crippen LogP contribution < -0.4 is 5.73 Å². The molecule has 0 saturated heterocycles. The van der Waals surface area contributed by atoms with Gasteiger partial charge in [-0.05, 0) is 38.2 Å². The summed E-state index contributed by atoms with van der Waals surface area (Å²) in [4.78, 5) is 8.90. The average molecular weight is 189 g/mol. The van der Waals surface area contributed by atoms with E-state index in [9.17, 15) is 0 Å². The SMILES string of the molecule is NC1(c2nccc(C3CC3)n2)CCC1. The number of rotatable bonds is 2. The Kier molecular flexibility index (Phi) is 1.65. The van der Waals surface area contributed by atoms with Gasteiger partial charge in [-0.15, -0.1) is 0 Å². The summed E-state index contributed by atoms with van der Waals surface area (Å²) in [6.07, 6.45) is 7.74. The number of nitrogens with zero attached hydrogens (tertiary/aromatic N) is 2. The van der Waals surface area contributed by atoms with Crippen molar-refractivity contribution < 1.29 is 0 Å². The van der Waals surface area contributed by atoms with E-state index in [0.29, 0.717) is 5.92 Å². The Morgan fingerprint density at radius 2 is 2.14 bits per heavy atom. The standard InChI is InChI=1S/C11H15N3/c12-11(5-1-6-11)10-13-7-4-9(14-10)8-2-3-8/h4,7-8H,1-3,5-6,12H2. The maximum absolute atomic E-state index is 6.19. The fourth-order valence-electron chi connectivity index (χ4n) is 2.00. The molecule has 74 valence electrons. The van der Waals surface area contributed by atoms with E-state index in [1.54, 1.807) is 0 Å². The molecule has 0 aromatic carbocycles. The van der Waals surface area contributed by atoms with Crippen LogP contribution in [0.2, 0.25) is 0 Å². The minimum atomic E-state index is -0.203. The summed E-state index contributed by atoms with van der Waals surface area (Å²) in [5.74, 6) is 1.56. The molecule has 2 fully saturated rings. The second-order valence-electron chi connectivity index (χ2n) is 4.59. The first kappa shape index (κ1) is 8.36. The molecule has 0 unspecified atom stereocenters. The van der Waals surface area contributed by atoms with Gasteiger partial charge in [-0.2, -0.15) is 0 Å². The lowest BCUT2D eigenvalue weighted by Gasteiger charge is -2.36. The van der Waals surface area contributed by atoms with E-state index in [1.807, 2.05) is 12.3 Å². The van der Waals surface area contributed by atoms with Crippen LogP contribution >= 0.6 is 0 Å². The highest BCUT2D eigenvalue weighted by Crippen LogP contribution is 2.41. The number of nitrogens with two attached hydrogens (primary N) is 1. The fraction of sp³-hybridized carbons (Fsp3) is 0.636. The first-order chi connectivity index (χ1) is 6.78. The molecule has 14 heavy (non-hydrogen) atoms. The highest BCUT2D eigenvalue weighted by Gasteiger charge is 2.38. The topological polar surface area (TPSA) is 51.8 Å². The van der Waals surface area contributed by atoms with Crippen molar-refractivity contribution >= 4 is 0 Å². The van der Waals surface area contributed by atoms with Crippen LogP contribution in [0.3, 0.4) is 0 Å². The second kappa shape index (κ2) is 2.76. The summed E-state index contributed by atoms with van der Waals surface area (Å²) >= 11 is 0. The van der Waals surface area contributed by atoms with E-state index in [-0.39, 0.29) is 5.54 Å². The molecule has 1 heterocycles. The van der Waals surface area contributed by atoms with Crippen LogP contribution in [0, 0.1) is 0 Å². The van der Waals surface area contributed by atoms with Crippen molar-refractivity contribution in [1.29, 1.82) is 0 Å². The third-order valence-corrected chi connectivity index (χ3v) is 3.36. The average Bonchev–Trinajstić information content (AvgIpc) is 2.98. The molecular formula is C11H15N3. The van der Waals surface area contributed by atoms with Crippen LogP contribution in [-0.4, -0.2) is 9.97 Å². The Bertz CT molecular complexity index is 353. The van der Waals surface area contributed by atoms with Gasteiger partial charge in [0.2, 0.25) is 0 Å². The molecule has 0 spiro atoms. The molecule has 0 radical (unpaired) electrons. The first-order valence-electron chi connectivity index (χ1n) is 5.40. The van der Waals surface area contributed by atoms with Crippen molar-refractivity contribution in [2.24, 2.45) is 5.73 Å². The molecule has 0 amide bonds. The number of aromatic nitrogens is 2. The van der Waals surface area contributed by atoms with E-state index in [1.165, 1.54) is 25.0 Å². The highest BCUT2D eigenvalue weighted by atomic mass is 15.0. The van der Waals surface area contributed by atoms with E-state index in [2.05, 4.69) is 9.97 Å². The van der Waals surface area contributed by atoms with Crippen molar-refractivity contribution in [1.82, 2.24) is 9.97 Å². The minimum absolute atomic E-state index is 0.203. The zero-order valence-corrected chi connectivity index (χ0v) is 8.24. The van der Waals surface area contributed by atoms with Gasteiger partial charge in [0.05, 0.1) is 5.54 Å². The Hall–Kier alpha value is -0.960. The number of hydrogen-bond acceptors (Lipinski definition) is 3. The largest absolute Gasteiger partial charge is 0.319 e. The van der Waals surface area contributed by atoms with Crippen LogP contribution in [0.25, 0.3) is 0 Å². The third kappa shape index (κ3) is 1.23. The van der Waals surface area contributed by atoms with Crippen molar-refractivity contribution in [3.63, 3.8) is 0 Å². The lowest BCUT2D eigenvalue weighted by Crippen LogP contribution is -2.44. The lowest BCUT2D eigenvalue weighted by atomic mass is 9.77. The molecule has 0 aliphatic heterocycles. The molecule has 0 bridgehead atoms. The van der Waals surface area contributed by atoms with Crippen LogP contribution in [0.1, 0.15) is 49.5 Å². The Morgan fingerprint density at radius 1 is 1.36 bits per heavy atom. The summed E-state index contributed by atoms with van der Waals surface area (Å²) < 4.78 is 0. The van der Waals surface area contributed by atoms with Crippen LogP contribution in [0.15, 0.2) is 12.3 Å². The first-order valence-corrected chi connectivity index (χ1v) is 5.40. The van der Waals surface area contributed by atoms with Gasteiger partial charge in [0.15, 0.2) is 0 Å². The predicted molar refractivity (Wildman–Crippen MR) is 53.7 cm³/mol. The van der Waals surface area contributed by atoms with Gasteiger partial charge in [-0.25, -0.2) is 9.97 Å². The Labute approximate surface area is 83.8 Å². The fourth-order valence-corrected chi connectivity index (χ4v) is 2.00. The zero-order valence-electron chi connectivity index (χ0n) is 8.24. The Balaban J connectivity index is 1.93. The predicted octanol–water partition coefficient (Wildman–Crippen LogP) is 1.69. The molecule has 2 saturated carbocycles. The van der Waals surface area contributed by atoms with Gasteiger partial charge < -0.3 is 5.73 Å². The number of hydrogen-bond donors (Lipinski definition) is 1. The van der Waals surface area contributed by atoms with E-state index in [4.69, 9.17) is 5.73 Å². The molecule has 3 heteroatoms. The molecule has 1 aromatic heterocycles. The smallest absolute Gasteiger partial charge is 0.148 e. The van der Waals surface area contributed by atoms with Crippen LogP contribution in [-0.2, 0) is 5.54 Å². The normalized spacial score (nSPS) is 24.4. The maximum Gasteiger partial charge on any atom is 0.148 e. The van der Waals surface area contributed by atoms with Crippen LogP contribution in [0.5, 0.6) is 0 Å². The second-order valence-corrected chi connectivity index (χ2v) is 4.59. The zero-order chi connectivity index (χ0) is 9.60. The van der Waals surface area contributed by atoms with E-state index < -0.39 is 0 Å². The van der Waals surface area contributed by atoms with Crippen LogP contribution in [0.4, 0.5) is 0 Å². The van der Waals surface area contributed by atoms with Gasteiger partial charge in [0, 0.05) is 17.8 Å². The summed E-state index contributed by atoms with van der Waals surface area (Å²) in [6, 6.07) is 2.03. The molecule has 2 aliphatic rings. The molecule has 3 rings (SSSR count). The summed E-state index contributed by atoms with van der Waals surface area (Å²) in [5, 5.41) is 0. The van der Waals surface area contributed by atoms with Gasteiger partial charge in [-0.3, -0.25) is 0 Å². The van der Waals surface area contributed by atoms with Gasteiger partial charge in [0.25, 0.3) is 0 Å². The van der Waals surface area contributed by atoms with E-state index in [0.717, 1.165) is 18.7 Å². The monoisotopic (exact) mass is 189 g/mol. The van der Waals surface area contributed by atoms with Gasteiger partial charge in [-0.1, -0.05) is 0 Å².